The average Bonchev–Trinajstić information content (AvgIpc) is 2.68. The Morgan fingerprint density at radius 3 is 2.23 bits per heavy atom. The Hall–Kier alpha value is -2.78. The number of rotatable bonds is 5. The van der Waals surface area contributed by atoms with Crippen LogP contribution in [0.15, 0.2) is 53.4 Å². The van der Waals surface area contributed by atoms with Gasteiger partial charge in [-0.05, 0) is 18.2 Å². The number of carbonyl (C=O) groups excluding carboxylic acids is 1. The fourth-order valence-corrected chi connectivity index (χ4v) is 4.39. The molecule has 0 amide bonds. The molecule has 9 heteroatoms. The SMILES string of the molecule is O=Cc1cc([N+](=O)[O-])ccc1N1CCN(S(=O)(=O)c2ccccc2)CC1. The van der Waals surface area contributed by atoms with Gasteiger partial charge in [0.15, 0.2) is 6.29 Å². The van der Waals surface area contributed by atoms with Crippen LogP contribution in [0, 0.1) is 10.1 Å². The zero-order valence-electron chi connectivity index (χ0n) is 13.8. The van der Waals surface area contributed by atoms with Crippen molar-refractivity contribution in [2.24, 2.45) is 0 Å². The fourth-order valence-electron chi connectivity index (χ4n) is 2.95. The van der Waals surface area contributed by atoms with Gasteiger partial charge >= 0.3 is 0 Å². The predicted octanol–water partition coefficient (Wildman–Crippen LogP) is 1.92. The van der Waals surface area contributed by atoms with Crippen LogP contribution in [0.4, 0.5) is 11.4 Å². The normalized spacial score (nSPS) is 15.6. The number of anilines is 1. The minimum absolute atomic E-state index is 0.152. The zero-order chi connectivity index (χ0) is 18.7. The van der Waals surface area contributed by atoms with Gasteiger partial charge in [-0.2, -0.15) is 4.31 Å². The summed E-state index contributed by atoms with van der Waals surface area (Å²) in [4.78, 5) is 23.7. The average molecular weight is 375 g/mol. The lowest BCUT2D eigenvalue weighted by atomic mass is 10.1. The molecule has 136 valence electrons. The van der Waals surface area contributed by atoms with Crippen LogP contribution in [-0.4, -0.2) is 50.1 Å². The maximum absolute atomic E-state index is 12.6. The third-order valence-corrected chi connectivity index (χ3v) is 6.22. The molecule has 0 radical (unpaired) electrons. The number of aldehydes is 1. The van der Waals surface area contributed by atoms with Gasteiger partial charge in [0.1, 0.15) is 0 Å². The molecule has 0 N–H and O–H groups in total. The fraction of sp³-hybridized carbons (Fsp3) is 0.235. The number of nitro groups is 1. The highest BCUT2D eigenvalue weighted by Crippen LogP contribution is 2.26. The van der Waals surface area contributed by atoms with E-state index in [0.717, 1.165) is 0 Å². The first-order valence-electron chi connectivity index (χ1n) is 7.97. The summed E-state index contributed by atoms with van der Waals surface area (Å²) in [5, 5.41) is 10.8. The predicted molar refractivity (Wildman–Crippen MR) is 95.9 cm³/mol. The first-order chi connectivity index (χ1) is 12.4. The number of piperazine rings is 1. The van der Waals surface area contributed by atoms with Crippen LogP contribution < -0.4 is 4.90 Å². The van der Waals surface area contributed by atoms with Crippen LogP contribution in [0.3, 0.4) is 0 Å². The van der Waals surface area contributed by atoms with Crippen molar-refractivity contribution >= 4 is 27.7 Å². The van der Waals surface area contributed by atoms with Gasteiger partial charge in [-0.25, -0.2) is 8.42 Å². The third kappa shape index (κ3) is 3.44. The smallest absolute Gasteiger partial charge is 0.270 e. The lowest BCUT2D eigenvalue weighted by molar-refractivity contribution is -0.384. The number of hydrogen-bond acceptors (Lipinski definition) is 6. The molecule has 8 nitrogen and oxygen atoms in total. The summed E-state index contributed by atoms with van der Waals surface area (Å²) >= 11 is 0. The summed E-state index contributed by atoms with van der Waals surface area (Å²) in [6.45, 7) is 1.33. The molecule has 0 unspecified atom stereocenters. The summed E-state index contributed by atoms with van der Waals surface area (Å²) in [6, 6.07) is 12.3. The topological polar surface area (TPSA) is 101 Å². The summed E-state index contributed by atoms with van der Waals surface area (Å²) in [7, 11) is -3.55. The van der Waals surface area contributed by atoms with E-state index in [1.54, 1.807) is 30.3 Å². The molecule has 3 rings (SSSR count). The van der Waals surface area contributed by atoms with E-state index in [0.29, 0.717) is 25.1 Å². The third-order valence-electron chi connectivity index (χ3n) is 4.31. The van der Waals surface area contributed by atoms with Gasteiger partial charge in [-0.3, -0.25) is 14.9 Å². The van der Waals surface area contributed by atoms with Gasteiger partial charge in [-0.1, -0.05) is 18.2 Å². The minimum Gasteiger partial charge on any atom is -0.368 e. The maximum atomic E-state index is 12.6. The first kappa shape index (κ1) is 18.0. The molecule has 0 aliphatic carbocycles. The summed E-state index contributed by atoms with van der Waals surface area (Å²) in [5.74, 6) is 0. The molecule has 0 atom stereocenters. The molecular weight excluding hydrogens is 358 g/mol. The van der Waals surface area contributed by atoms with Crippen molar-refractivity contribution in [1.29, 1.82) is 0 Å². The van der Waals surface area contributed by atoms with E-state index < -0.39 is 14.9 Å². The highest BCUT2D eigenvalue weighted by atomic mass is 32.2. The molecule has 0 bridgehead atoms. The number of benzene rings is 2. The van der Waals surface area contributed by atoms with Crippen molar-refractivity contribution in [3.05, 3.63) is 64.2 Å². The number of nitrogens with zero attached hydrogens (tertiary/aromatic N) is 3. The van der Waals surface area contributed by atoms with Crippen LogP contribution in [-0.2, 0) is 10.0 Å². The summed E-state index contributed by atoms with van der Waals surface area (Å²) in [6.07, 6.45) is 0.579. The van der Waals surface area contributed by atoms with Gasteiger partial charge in [0.25, 0.3) is 5.69 Å². The standard InChI is InChI=1S/C17H17N3O5S/c21-13-14-12-15(20(22)23)6-7-17(14)18-8-10-19(11-9-18)26(24,25)16-4-2-1-3-5-16/h1-7,12-13H,8-11H2. The molecule has 26 heavy (non-hydrogen) atoms. The van der Waals surface area contributed by atoms with E-state index in [1.165, 1.54) is 22.5 Å². The Morgan fingerprint density at radius 1 is 1.00 bits per heavy atom. The monoisotopic (exact) mass is 375 g/mol. The van der Waals surface area contributed by atoms with Crippen molar-refractivity contribution < 1.29 is 18.1 Å². The van der Waals surface area contributed by atoms with Crippen molar-refractivity contribution in [2.45, 2.75) is 4.90 Å². The van der Waals surface area contributed by atoms with Gasteiger partial charge in [0.2, 0.25) is 10.0 Å². The minimum atomic E-state index is -3.55. The lowest BCUT2D eigenvalue weighted by Crippen LogP contribution is -2.48. The Balaban J connectivity index is 1.77. The van der Waals surface area contributed by atoms with Crippen LogP contribution >= 0.6 is 0 Å². The second-order valence-electron chi connectivity index (χ2n) is 5.82. The van der Waals surface area contributed by atoms with E-state index in [2.05, 4.69) is 0 Å². The molecule has 1 heterocycles. The number of nitro benzene ring substituents is 1. The molecule has 0 saturated carbocycles. The number of non-ortho nitro benzene ring substituents is 1. The molecule has 0 aromatic heterocycles. The van der Waals surface area contributed by atoms with Crippen molar-refractivity contribution in [1.82, 2.24) is 4.31 Å². The summed E-state index contributed by atoms with van der Waals surface area (Å²) in [5.41, 5.74) is 0.641. The van der Waals surface area contributed by atoms with E-state index in [-0.39, 0.29) is 29.2 Å². The molecule has 1 aliphatic heterocycles. The number of carbonyl (C=O) groups is 1. The highest BCUT2D eigenvalue weighted by Gasteiger charge is 2.29. The Labute approximate surface area is 150 Å². The van der Waals surface area contributed by atoms with Gasteiger partial charge < -0.3 is 4.90 Å². The van der Waals surface area contributed by atoms with Crippen molar-refractivity contribution in [3.63, 3.8) is 0 Å². The molecular formula is C17H17N3O5S. The van der Waals surface area contributed by atoms with Crippen molar-refractivity contribution in [3.8, 4) is 0 Å². The van der Waals surface area contributed by atoms with E-state index >= 15 is 0 Å². The van der Waals surface area contributed by atoms with E-state index in [1.807, 2.05) is 4.90 Å². The van der Waals surface area contributed by atoms with Gasteiger partial charge in [0.05, 0.1) is 9.82 Å². The van der Waals surface area contributed by atoms with E-state index in [9.17, 15) is 23.3 Å². The second-order valence-corrected chi connectivity index (χ2v) is 7.76. The van der Waals surface area contributed by atoms with Crippen LogP contribution in [0.1, 0.15) is 10.4 Å². The highest BCUT2D eigenvalue weighted by molar-refractivity contribution is 7.89. The quantitative estimate of drug-likeness (QED) is 0.450. The maximum Gasteiger partial charge on any atom is 0.270 e. The van der Waals surface area contributed by atoms with E-state index in [4.69, 9.17) is 0 Å². The second kappa shape index (κ2) is 7.22. The largest absolute Gasteiger partial charge is 0.368 e. The molecule has 1 saturated heterocycles. The van der Waals surface area contributed by atoms with Gasteiger partial charge in [-0.15, -0.1) is 0 Å². The Bertz CT molecular complexity index is 923. The van der Waals surface area contributed by atoms with Crippen LogP contribution in [0.5, 0.6) is 0 Å². The van der Waals surface area contributed by atoms with Crippen molar-refractivity contribution in [2.75, 3.05) is 31.1 Å². The first-order valence-corrected chi connectivity index (χ1v) is 9.41. The van der Waals surface area contributed by atoms with Gasteiger partial charge in [0, 0.05) is 49.6 Å². The molecule has 2 aromatic carbocycles. The molecule has 2 aromatic rings. The number of hydrogen-bond donors (Lipinski definition) is 0. The van der Waals surface area contributed by atoms with Crippen LogP contribution in [0.25, 0.3) is 0 Å². The summed E-state index contributed by atoms with van der Waals surface area (Å²) < 4.78 is 26.7. The Morgan fingerprint density at radius 2 is 1.65 bits per heavy atom. The number of sulfonamides is 1. The van der Waals surface area contributed by atoms with Crippen LogP contribution in [0.2, 0.25) is 0 Å². The lowest BCUT2D eigenvalue weighted by Gasteiger charge is -2.35. The molecule has 1 aliphatic rings. The zero-order valence-corrected chi connectivity index (χ0v) is 14.6. The Kier molecular flexibility index (Phi) is 5.01. The molecule has 0 spiro atoms. The molecule has 1 fully saturated rings.